The van der Waals surface area contributed by atoms with E-state index in [1.54, 1.807) is 0 Å². The molecule has 17 heavy (non-hydrogen) atoms. The Bertz CT molecular complexity index is 292. The standard InChI is InChI=1S/C15H26N2/c1-3-4-5-12-17(2)13-6-7-14-8-10-15(16)11-9-14/h8-11H,3-7,12-13,16H2,1-2H3. The number of aryl methyl sites for hydroxylation is 1. The first kappa shape index (κ1) is 14.0. The fourth-order valence-electron chi connectivity index (χ4n) is 1.98. The van der Waals surface area contributed by atoms with Gasteiger partial charge in [-0.3, -0.25) is 0 Å². The molecule has 0 atom stereocenters. The lowest BCUT2D eigenvalue weighted by atomic mass is 10.1. The molecule has 0 aliphatic rings. The SMILES string of the molecule is CCCCCN(C)CCCc1ccc(N)cc1. The lowest BCUT2D eigenvalue weighted by molar-refractivity contribution is 0.321. The number of benzene rings is 1. The van der Waals surface area contributed by atoms with Gasteiger partial charge in [-0.25, -0.2) is 0 Å². The van der Waals surface area contributed by atoms with E-state index in [0.717, 1.165) is 12.1 Å². The molecule has 0 unspecified atom stereocenters. The van der Waals surface area contributed by atoms with Gasteiger partial charge < -0.3 is 10.6 Å². The van der Waals surface area contributed by atoms with Crippen molar-refractivity contribution in [3.05, 3.63) is 29.8 Å². The van der Waals surface area contributed by atoms with Crippen LogP contribution in [0.15, 0.2) is 24.3 Å². The minimum atomic E-state index is 0.852. The van der Waals surface area contributed by atoms with E-state index in [1.165, 1.54) is 44.3 Å². The van der Waals surface area contributed by atoms with Gasteiger partial charge in [0, 0.05) is 5.69 Å². The van der Waals surface area contributed by atoms with Crippen LogP contribution in [0.4, 0.5) is 5.69 Å². The molecule has 0 aromatic heterocycles. The van der Waals surface area contributed by atoms with Crippen LogP contribution in [0.1, 0.15) is 38.2 Å². The Morgan fingerprint density at radius 1 is 1.00 bits per heavy atom. The zero-order valence-electron chi connectivity index (χ0n) is 11.3. The highest BCUT2D eigenvalue weighted by atomic mass is 15.1. The van der Waals surface area contributed by atoms with Gasteiger partial charge in [-0.2, -0.15) is 0 Å². The summed E-state index contributed by atoms with van der Waals surface area (Å²) in [6, 6.07) is 8.24. The molecule has 0 aliphatic heterocycles. The summed E-state index contributed by atoms with van der Waals surface area (Å²) < 4.78 is 0. The molecule has 0 radical (unpaired) electrons. The van der Waals surface area contributed by atoms with Crippen LogP contribution in [0.2, 0.25) is 0 Å². The minimum Gasteiger partial charge on any atom is -0.399 e. The average Bonchev–Trinajstić information content (AvgIpc) is 2.32. The van der Waals surface area contributed by atoms with E-state index < -0.39 is 0 Å². The summed E-state index contributed by atoms with van der Waals surface area (Å²) in [4.78, 5) is 2.44. The Morgan fingerprint density at radius 3 is 2.29 bits per heavy atom. The molecule has 2 N–H and O–H groups in total. The predicted octanol–water partition coefficient (Wildman–Crippen LogP) is 3.32. The van der Waals surface area contributed by atoms with Gasteiger partial charge in [0.15, 0.2) is 0 Å². The van der Waals surface area contributed by atoms with Gasteiger partial charge >= 0.3 is 0 Å². The molecule has 0 bridgehead atoms. The molecule has 0 spiro atoms. The molecule has 0 aliphatic carbocycles. The van der Waals surface area contributed by atoms with Crippen LogP contribution >= 0.6 is 0 Å². The second-order valence-corrected chi connectivity index (χ2v) is 4.86. The summed E-state index contributed by atoms with van der Waals surface area (Å²) in [5.41, 5.74) is 7.91. The zero-order chi connectivity index (χ0) is 12.5. The highest BCUT2D eigenvalue weighted by Gasteiger charge is 1.98. The quantitative estimate of drug-likeness (QED) is 0.552. The summed E-state index contributed by atoms with van der Waals surface area (Å²) in [7, 11) is 2.22. The van der Waals surface area contributed by atoms with Gasteiger partial charge in [0.2, 0.25) is 0 Å². The molecular formula is C15H26N2. The second-order valence-electron chi connectivity index (χ2n) is 4.86. The van der Waals surface area contributed by atoms with Gasteiger partial charge in [-0.1, -0.05) is 31.9 Å². The third-order valence-electron chi connectivity index (χ3n) is 3.13. The summed E-state index contributed by atoms with van der Waals surface area (Å²) in [5, 5.41) is 0. The van der Waals surface area contributed by atoms with Crippen LogP contribution in [0.5, 0.6) is 0 Å². The maximum atomic E-state index is 5.66. The number of hydrogen-bond donors (Lipinski definition) is 1. The van der Waals surface area contributed by atoms with E-state index in [-0.39, 0.29) is 0 Å². The van der Waals surface area contributed by atoms with Crippen molar-refractivity contribution in [2.24, 2.45) is 0 Å². The molecule has 0 saturated carbocycles. The number of nitrogens with zero attached hydrogens (tertiary/aromatic N) is 1. The van der Waals surface area contributed by atoms with E-state index in [4.69, 9.17) is 5.73 Å². The van der Waals surface area contributed by atoms with E-state index >= 15 is 0 Å². The molecule has 0 heterocycles. The average molecular weight is 234 g/mol. The lowest BCUT2D eigenvalue weighted by Gasteiger charge is -2.16. The highest BCUT2D eigenvalue weighted by molar-refractivity contribution is 5.39. The van der Waals surface area contributed by atoms with Gasteiger partial charge in [0.1, 0.15) is 0 Å². The zero-order valence-corrected chi connectivity index (χ0v) is 11.3. The second kappa shape index (κ2) is 8.13. The van der Waals surface area contributed by atoms with Gasteiger partial charge in [0.05, 0.1) is 0 Å². The molecule has 0 fully saturated rings. The Kier molecular flexibility index (Phi) is 6.71. The van der Waals surface area contributed by atoms with Crippen LogP contribution in [0, 0.1) is 0 Å². The maximum absolute atomic E-state index is 5.66. The monoisotopic (exact) mass is 234 g/mol. The van der Waals surface area contributed by atoms with E-state index in [2.05, 4.69) is 31.0 Å². The topological polar surface area (TPSA) is 29.3 Å². The van der Waals surface area contributed by atoms with Crippen LogP contribution < -0.4 is 5.73 Å². The van der Waals surface area contributed by atoms with Crippen molar-refractivity contribution in [2.75, 3.05) is 25.9 Å². The van der Waals surface area contributed by atoms with Crippen LogP contribution in [0.3, 0.4) is 0 Å². The fraction of sp³-hybridized carbons (Fsp3) is 0.600. The first-order valence-electron chi connectivity index (χ1n) is 6.75. The van der Waals surface area contributed by atoms with Crippen LogP contribution in [-0.2, 0) is 6.42 Å². The molecule has 0 saturated heterocycles. The van der Waals surface area contributed by atoms with Crippen LogP contribution in [-0.4, -0.2) is 25.0 Å². The lowest BCUT2D eigenvalue weighted by Crippen LogP contribution is -2.21. The number of unbranched alkanes of at least 4 members (excludes halogenated alkanes) is 2. The normalized spacial score (nSPS) is 11.0. The van der Waals surface area contributed by atoms with Gasteiger partial charge in [-0.15, -0.1) is 0 Å². The smallest absolute Gasteiger partial charge is 0.0314 e. The Balaban J connectivity index is 2.12. The van der Waals surface area contributed by atoms with E-state index in [1.807, 2.05) is 12.1 Å². The van der Waals surface area contributed by atoms with Gasteiger partial charge in [0.25, 0.3) is 0 Å². The van der Waals surface area contributed by atoms with Crippen molar-refractivity contribution < 1.29 is 0 Å². The maximum Gasteiger partial charge on any atom is 0.0314 e. The molecule has 1 aromatic carbocycles. The number of rotatable bonds is 8. The van der Waals surface area contributed by atoms with Crippen molar-refractivity contribution in [3.8, 4) is 0 Å². The first-order valence-corrected chi connectivity index (χ1v) is 6.75. The van der Waals surface area contributed by atoms with Crippen molar-refractivity contribution in [1.82, 2.24) is 4.90 Å². The Hall–Kier alpha value is -1.02. The highest BCUT2D eigenvalue weighted by Crippen LogP contribution is 2.08. The van der Waals surface area contributed by atoms with E-state index in [0.29, 0.717) is 0 Å². The molecule has 0 amide bonds. The Labute approximate surface area is 106 Å². The molecule has 1 rings (SSSR count). The third-order valence-corrected chi connectivity index (χ3v) is 3.13. The molecule has 1 aromatic rings. The van der Waals surface area contributed by atoms with Crippen molar-refractivity contribution >= 4 is 5.69 Å². The van der Waals surface area contributed by atoms with E-state index in [9.17, 15) is 0 Å². The number of nitrogen functional groups attached to an aromatic ring is 1. The third kappa shape index (κ3) is 6.32. The molecule has 2 nitrogen and oxygen atoms in total. The number of anilines is 1. The molecule has 2 heteroatoms. The largest absolute Gasteiger partial charge is 0.399 e. The first-order chi connectivity index (χ1) is 8.22. The summed E-state index contributed by atoms with van der Waals surface area (Å²) >= 11 is 0. The van der Waals surface area contributed by atoms with Crippen LogP contribution in [0.25, 0.3) is 0 Å². The van der Waals surface area contributed by atoms with Crippen molar-refractivity contribution in [3.63, 3.8) is 0 Å². The molecular weight excluding hydrogens is 208 g/mol. The molecule has 96 valence electrons. The minimum absolute atomic E-state index is 0.852. The van der Waals surface area contributed by atoms with Crippen molar-refractivity contribution in [2.45, 2.75) is 39.0 Å². The summed E-state index contributed by atoms with van der Waals surface area (Å²) in [6.45, 7) is 4.67. The summed E-state index contributed by atoms with van der Waals surface area (Å²) in [6.07, 6.45) is 6.36. The van der Waals surface area contributed by atoms with Gasteiger partial charge in [-0.05, 0) is 57.1 Å². The Morgan fingerprint density at radius 2 is 1.65 bits per heavy atom. The summed E-state index contributed by atoms with van der Waals surface area (Å²) in [5.74, 6) is 0. The number of hydrogen-bond acceptors (Lipinski definition) is 2. The number of nitrogens with two attached hydrogens (primary N) is 1. The van der Waals surface area contributed by atoms with Crippen molar-refractivity contribution in [1.29, 1.82) is 0 Å². The fourth-order valence-corrected chi connectivity index (χ4v) is 1.98. The predicted molar refractivity (Wildman–Crippen MR) is 76.2 cm³/mol.